The van der Waals surface area contributed by atoms with Crippen molar-refractivity contribution in [2.45, 2.75) is 32.7 Å². The Kier molecular flexibility index (Phi) is 5.49. The SMILES string of the molecule is CNC(CCC(C)C)c1cccc(N(C)C)c1. The van der Waals surface area contributed by atoms with Crippen LogP contribution in [-0.2, 0) is 0 Å². The van der Waals surface area contributed by atoms with Gasteiger partial charge in [0, 0.05) is 25.8 Å². The van der Waals surface area contributed by atoms with E-state index >= 15 is 0 Å². The number of benzene rings is 1. The predicted molar refractivity (Wildman–Crippen MR) is 76.6 cm³/mol. The van der Waals surface area contributed by atoms with Crippen molar-refractivity contribution in [3.05, 3.63) is 29.8 Å². The first-order valence-electron chi connectivity index (χ1n) is 6.49. The van der Waals surface area contributed by atoms with Gasteiger partial charge >= 0.3 is 0 Å². The molecule has 0 amide bonds. The van der Waals surface area contributed by atoms with Crippen LogP contribution in [0.15, 0.2) is 24.3 Å². The standard InChI is InChI=1S/C15H26N2/c1-12(2)9-10-15(16-3)13-7-6-8-14(11-13)17(4)5/h6-8,11-12,15-16H,9-10H2,1-5H3. The summed E-state index contributed by atoms with van der Waals surface area (Å²) in [4.78, 5) is 2.15. The molecule has 1 unspecified atom stereocenters. The average Bonchev–Trinajstić information content (AvgIpc) is 2.30. The van der Waals surface area contributed by atoms with Crippen LogP contribution in [-0.4, -0.2) is 21.1 Å². The fraction of sp³-hybridized carbons (Fsp3) is 0.600. The highest BCUT2D eigenvalue weighted by molar-refractivity contribution is 5.47. The van der Waals surface area contributed by atoms with Crippen LogP contribution in [0.1, 0.15) is 38.3 Å². The lowest BCUT2D eigenvalue weighted by Gasteiger charge is -2.20. The molecule has 0 fully saturated rings. The zero-order valence-electron chi connectivity index (χ0n) is 11.8. The summed E-state index contributed by atoms with van der Waals surface area (Å²) in [6.45, 7) is 4.56. The van der Waals surface area contributed by atoms with Gasteiger partial charge in [0.05, 0.1) is 0 Å². The maximum atomic E-state index is 3.42. The third-order valence-electron chi connectivity index (χ3n) is 3.17. The lowest BCUT2D eigenvalue weighted by molar-refractivity contribution is 0.465. The number of rotatable bonds is 6. The van der Waals surface area contributed by atoms with Gasteiger partial charge in [0.1, 0.15) is 0 Å². The summed E-state index contributed by atoms with van der Waals surface area (Å²) >= 11 is 0. The minimum absolute atomic E-state index is 0.470. The molecule has 1 N–H and O–H groups in total. The van der Waals surface area contributed by atoms with E-state index in [4.69, 9.17) is 0 Å². The smallest absolute Gasteiger partial charge is 0.0364 e. The van der Waals surface area contributed by atoms with Crippen molar-refractivity contribution in [3.63, 3.8) is 0 Å². The number of hydrogen-bond donors (Lipinski definition) is 1. The third kappa shape index (κ3) is 4.39. The molecule has 0 saturated carbocycles. The molecule has 0 spiro atoms. The van der Waals surface area contributed by atoms with Gasteiger partial charge in [-0.15, -0.1) is 0 Å². The normalized spacial score (nSPS) is 12.8. The van der Waals surface area contributed by atoms with Crippen molar-refractivity contribution >= 4 is 5.69 Å². The summed E-state index contributed by atoms with van der Waals surface area (Å²) < 4.78 is 0. The molecule has 0 bridgehead atoms. The van der Waals surface area contributed by atoms with Gasteiger partial charge in [-0.1, -0.05) is 26.0 Å². The molecule has 0 heterocycles. The van der Waals surface area contributed by atoms with Crippen LogP contribution in [0.2, 0.25) is 0 Å². The van der Waals surface area contributed by atoms with E-state index in [2.05, 4.69) is 62.4 Å². The van der Waals surface area contributed by atoms with Gasteiger partial charge in [0.2, 0.25) is 0 Å². The quantitative estimate of drug-likeness (QED) is 0.811. The molecule has 0 aliphatic heterocycles. The lowest BCUT2D eigenvalue weighted by atomic mass is 9.97. The fourth-order valence-corrected chi connectivity index (χ4v) is 2.00. The van der Waals surface area contributed by atoms with E-state index in [1.54, 1.807) is 0 Å². The Labute approximate surface area is 106 Å². The first-order chi connectivity index (χ1) is 8.04. The lowest BCUT2D eigenvalue weighted by Crippen LogP contribution is -2.18. The van der Waals surface area contributed by atoms with Crippen molar-refractivity contribution in [1.29, 1.82) is 0 Å². The third-order valence-corrected chi connectivity index (χ3v) is 3.17. The summed E-state index contributed by atoms with van der Waals surface area (Å²) in [6, 6.07) is 9.26. The van der Waals surface area contributed by atoms with Crippen LogP contribution in [0.25, 0.3) is 0 Å². The molecule has 0 aromatic heterocycles. The Morgan fingerprint density at radius 3 is 2.41 bits per heavy atom. The van der Waals surface area contributed by atoms with E-state index in [1.165, 1.54) is 24.1 Å². The molecule has 1 aromatic rings. The Bertz CT molecular complexity index is 331. The molecule has 0 aliphatic rings. The maximum Gasteiger partial charge on any atom is 0.0364 e. The molecule has 0 aliphatic carbocycles. The molecule has 1 aromatic carbocycles. The highest BCUT2D eigenvalue weighted by atomic mass is 15.1. The Balaban J connectivity index is 2.77. The molecule has 0 saturated heterocycles. The van der Waals surface area contributed by atoms with E-state index < -0.39 is 0 Å². The molecule has 96 valence electrons. The van der Waals surface area contributed by atoms with Crippen molar-refractivity contribution in [1.82, 2.24) is 5.32 Å². The van der Waals surface area contributed by atoms with Gasteiger partial charge in [-0.2, -0.15) is 0 Å². The van der Waals surface area contributed by atoms with E-state index in [0.717, 1.165) is 5.92 Å². The second-order valence-corrected chi connectivity index (χ2v) is 5.30. The van der Waals surface area contributed by atoms with Crippen molar-refractivity contribution in [2.75, 3.05) is 26.0 Å². The van der Waals surface area contributed by atoms with E-state index in [0.29, 0.717) is 6.04 Å². The predicted octanol–water partition coefficient (Wildman–Crippen LogP) is 3.45. The van der Waals surface area contributed by atoms with Crippen LogP contribution in [0, 0.1) is 5.92 Å². The zero-order valence-corrected chi connectivity index (χ0v) is 11.8. The van der Waals surface area contributed by atoms with Gasteiger partial charge in [-0.3, -0.25) is 0 Å². The number of anilines is 1. The summed E-state index contributed by atoms with van der Waals surface area (Å²) in [5.74, 6) is 0.767. The molecular formula is C15H26N2. The van der Waals surface area contributed by atoms with Crippen LogP contribution in [0.3, 0.4) is 0 Å². The fourth-order valence-electron chi connectivity index (χ4n) is 2.00. The number of nitrogens with one attached hydrogen (secondary N) is 1. The number of nitrogens with zero attached hydrogens (tertiary/aromatic N) is 1. The summed E-state index contributed by atoms with van der Waals surface area (Å²) in [5, 5.41) is 3.42. The molecule has 17 heavy (non-hydrogen) atoms. The Hall–Kier alpha value is -1.02. The van der Waals surface area contributed by atoms with Gasteiger partial charge in [-0.05, 0) is 43.5 Å². The monoisotopic (exact) mass is 234 g/mol. The van der Waals surface area contributed by atoms with E-state index in [1.807, 2.05) is 7.05 Å². The molecule has 2 nitrogen and oxygen atoms in total. The molecule has 1 atom stereocenters. The van der Waals surface area contributed by atoms with Gasteiger partial charge < -0.3 is 10.2 Å². The van der Waals surface area contributed by atoms with Crippen LogP contribution < -0.4 is 10.2 Å². The minimum Gasteiger partial charge on any atom is -0.378 e. The Morgan fingerprint density at radius 1 is 1.18 bits per heavy atom. The Morgan fingerprint density at radius 2 is 1.88 bits per heavy atom. The molecule has 0 radical (unpaired) electrons. The molecule has 2 heteroatoms. The second-order valence-electron chi connectivity index (χ2n) is 5.30. The van der Waals surface area contributed by atoms with Gasteiger partial charge in [-0.25, -0.2) is 0 Å². The van der Waals surface area contributed by atoms with Crippen molar-refractivity contribution < 1.29 is 0 Å². The van der Waals surface area contributed by atoms with E-state index in [9.17, 15) is 0 Å². The average molecular weight is 234 g/mol. The van der Waals surface area contributed by atoms with Crippen LogP contribution in [0.4, 0.5) is 5.69 Å². The highest BCUT2D eigenvalue weighted by Gasteiger charge is 2.10. The van der Waals surface area contributed by atoms with E-state index in [-0.39, 0.29) is 0 Å². The van der Waals surface area contributed by atoms with Gasteiger partial charge in [0.25, 0.3) is 0 Å². The van der Waals surface area contributed by atoms with Crippen molar-refractivity contribution in [2.24, 2.45) is 5.92 Å². The first kappa shape index (κ1) is 14.0. The van der Waals surface area contributed by atoms with Crippen molar-refractivity contribution in [3.8, 4) is 0 Å². The summed E-state index contributed by atoms with van der Waals surface area (Å²) in [5.41, 5.74) is 2.66. The van der Waals surface area contributed by atoms with Crippen LogP contribution >= 0.6 is 0 Å². The van der Waals surface area contributed by atoms with Crippen LogP contribution in [0.5, 0.6) is 0 Å². The maximum absolute atomic E-state index is 3.42. The van der Waals surface area contributed by atoms with Gasteiger partial charge in [0.15, 0.2) is 0 Å². The number of hydrogen-bond acceptors (Lipinski definition) is 2. The minimum atomic E-state index is 0.470. The topological polar surface area (TPSA) is 15.3 Å². The second kappa shape index (κ2) is 6.65. The summed E-state index contributed by atoms with van der Waals surface area (Å²) in [7, 11) is 6.22. The zero-order chi connectivity index (χ0) is 12.8. The molecule has 1 rings (SSSR count). The first-order valence-corrected chi connectivity index (χ1v) is 6.49. The largest absolute Gasteiger partial charge is 0.378 e. The highest BCUT2D eigenvalue weighted by Crippen LogP contribution is 2.24. The molecular weight excluding hydrogens is 208 g/mol. The summed E-state index contributed by atoms with van der Waals surface area (Å²) in [6.07, 6.45) is 2.46.